The maximum Gasteiger partial charge on any atom is 0.273 e. The second-order valence-corrected chi connectivity index (χ2v) is 12.8. The SMILES string of the molecule is CNC(=O)[C@H](Cc1ccccc1)N(Cc1ccccc1F)C(=O)CN(c1cc(Cl)ccc1OC)S(=O)(=O)c1ccc(C)c([N+](=O)[O-])c1. The van der Waals surface area contributed by atoms with Gasteiger partial charge in [-0.2, -0.15) is 0 Å². The van der Waals surface area contributed by atoms with E-state index in [2.05, 4.69) is 5.32 Å². The summed E-state index contributed by atoms with van der Waals surface area (Å²) in [6.07, 6.45) is 0.0259. The Morgan fingerprint density at radius 3 is 2.34 bits per heavy atom. The smallest absolute Gasteiger partial charge is 0.273 e. The van der Waals surface area contributed by atoms with E-state index in [4.69, 9.17) is 16.3 Å². The number of nitrogens with zero attached hydrogens (tertiary/aromatic N) is 3. The van der Waals surface area contributed by atoms with Crippen LogP contribution in [0.5, 0.6) is 5.75 Å². The summed E-state index contributed by atoms with van der Waals surface area (Å²) in [5.74, 6) is -2.04. The minimum absolute atomic E-state index is 0.0259. The number of nitro groups is 1. The molecule has 4 rings (SSSR count). The molecule has 0 aliphatic carbocycles. The number of aryl methyl sites for hydroxylation is 1. The summed E-state index contributed by atoms with van der Waals surface area (Å²) in [7, 11) is -2.04. The molecule has 0 heterocycles. The molecule has 0 aliphatic rings. The van der Waals surface area contributed by atoms with Gasteiger partial charge in [0, 0.05) is 42.2 Å². The summed E-state index contributed by atoms with van der Waals surface area (Å²) in [5, 5.41) is 14.4. The standard InChI is InChI=1S/C33H32ClFN4O7S/c1-22-13-15-26(19-28(22)39(42)43)47(44,45)38(29-18-25(34)14-16-31(29)46-3)21-32(40)37(20-24-11-7-8-12-27(24)35)30(33(41)36-2)17-23-9-5-4-6-10-23/h4-16,18-19,30H,17,20-21H2,1-3H3,(H,36,41)/t30-/m0/s1. The number of carbonyl (C=O) groups excluding carboxylic acids is 2. The minimum Gasteiger partial charge on any atom is -0.495 e. The second kappa shape index (κ2) is 15.1. The van der Waals surface area contributed by atoms with E-state index in [-0.39, 0.29) is 40.6 Å². The number of amides is 2. The number of carbonyl (C=O) groups is 2. The fourth-order valence-electron chi connectivity index (χ4n) is 4.98. The highest BCUT2D eigenvalue weighted by atomic mass is 35.5. The second-order valence-electron chi connectivity index (χ2n) is 10.5. The third kappa shape index (κ3) is 8.05. The molecule has 4 aromatic carbocycles. The lowest BCUT2D eigenvalue weighted by atomic mass is 10.0. The third-order valence-corrected chi connectivity index (χ3v) is 9.46. The lowest BCUT2D eigenvalue weighted by Gasteiger charge is -2.34. The van der Waals surface area contributed by atoms with Gasteiger partial charge in [0.1, 0.15) is 24.2 Å². The number of sulfonamides is 1. The fourth-order valence-corrected chi connectivity index (χ4v) is 6.58. The third-order valence-electron chi connectivity index (χ3n) is 7.47. The van der Waals surface area contributed by atoms with Gasteiger partial charge in [-0.15, -0.1) is 0 Å². The van der Waals surface area contributed by atoms with Crippen molar-refractivity contribution in [3.05, 3.63) is 129 Å². The molecule has 0 aliphatic heterocycles. The number of nitro benzene ring substituents is 1. The van der Waals surface area contributed by atoms with Crippen molar-refractivity contribution in [3.63, 3.8) is 0 Å². The van der Waals surface area contributed by atoms with E-state index in [9.17, 15) is 32.5 Å². The molecular weight excluding hydrogens is 651 g/mol. The summed E-state index contributed by atoms with van der Waals surface area (Å²) >= 11 is 6.27. The van der Waals surface area contributed by atoms with Gasteiger partial charge in [0.05, 0.1) is 22.6 Å². The number of rotatable bonds is 13. The monoisotopic (exact) mass is 682 g/mol. The van der Waals surface area contributed by atoms with Crippen molar-refractivity contribution in [2.75, 3.05) is 25.0 Å². The van der Waals surface area contributed by atoms with Crippen molar-refractivity contribution < 1.29 is 32.1 Å². The number of methoxy groups -OCH3 is 1. The average molecular weight is 683 g/mol. The highest BCUT2D eigenvalue weighted by Gasteiger charge is 2.36. The molecule has 0 fully saturated rings. The van der Waals surface area contributed by atoms with Crippen LogP contribution in [0.15, 0.2) is 95.9 Å². The van der Waals surface area contributed by atoms with Crippen LogP contribution in [0.4, 0.5) is 15.8 Å². The average Bonchev–Trinajstić information content (AvgIpc) is 3.05. The van der Waals surface area contributed by atoms with Crippen LogP contribution in [0.25, 0.3) is 0 Å². The molecule has 0 radical (unpaired) electrons. The molecule has 14 heteroatoms. The number of ether oxygens (including phenoxy) is 1. The molecule has 0 spiro atoms. The molecular formula is C33H32ClFN4O7S. The van der Waals surface area contributed by atoms with Crippen LogP contribution in [-0.2, 0) is 32.6 Å². The number of nitrogens with one attached hydrogen (secondary N) is 1. The van der Waals surface area contributed by atoms with Crippen LogP contribution in [0.2, 0.25) is 5.02 Å². The predicted octanol–water partition coefficient (Wildman–Crippen LogP) is 5.29. The van der Waals surface area contributed by atoms with Crippen molar-refractivity contribution in [3.8, 4) is 5.75 Å². The highest BCUT2D eigenvalue weighted by Crippen LogP contribution is 2.36. The molecule has 11 nitrogen and oxygen atoms in total. The van der Waals surface area contributed by atoms with Crippen molar-refractivity contribution in [2.24, 2.45) is 0 Å². The summed E-state index contributed by atoms with van der Waals surface area (Å²) in [6, 6.07) is 20.9. The Hall–Kier alpha value is -5.01. The number of halogens is 2. The normalized spacial score (nSPS) is 11.8. The summed E-state index contributed by atoms with van der Waals surface area (Å²) in [4.78, 5) is 39.4. The summed E-state index contributed by atoms with van der Waals surface area (Å²) in [6.45, 7) is 0.173. The highest BCUT2D eigenvalue weighted by molar-refractivity contribution is 7.92. The van der Waals surface area contributed by atoms with Crippen LogP contribution in [-0.4, -0.2) is 56.8 Å². The zero-order valence-electron chi connectivity index (χ0n) is 25.7. The zero-order valence-corrected chi connectivity index (χ0v) is 27.3. The zero-order chi connectivity index (χ0) is 34.3. The van der Waals surface area contributed by atoms with Crippen molar-refractivity contribution in [1.29, 1.82) is 0 Å². The Balaban J connectivity index is 1.89. The first-order chi connectivity index (χ1) is 22.4. The Morgan fingerprint density at radius 2 is 1.70 bits per heavy atom. The fraction of sp³-hybridized carbons (Fsp3) is 0.212. The molecule has 0 aromatic heterocycles. The molecule has 2 amide bonds. The number of hydrogen-bond acceptors (Lipinski definition) is 7. The van der Waals surface area contributed by atoms with Crippen molar-refractivity contribution in [1.82, 2.24) is 10.2 Å². The van der Waals surface area contributed by atoms with Gasteiger partial charge in [-0.25, -0.2) is 12.8 Å². The molecule has 4 aromatic rings. The first-order valence-corrected chi connectivity index (χ1v) is 16.1. The van der Waals surface area contributed by atoms with Gasteiger partial charge in [-0.1, -0.05) is 66.2 Å². The largest absolute Gasteiger partial charge is 0.495 e. The number of anilines is 1. The predicted molar refractivity (Wildman–Crippen MR) is 175 cm³/mol. The topological polar surface area (TPSA) is 139 Å². The maximum absolute atomic E-state index is 15.0. The number of hydrogen-bond donors (Lipinski definition) is 1. The Morgan fingerprint density at radius 1 is 1.02 bits per heavy atom. The van der Waals surface area contributed by atoms with Gasteiger partial charge in [0.2, 0.25) is 11.8 Å². The Kier molecular flexibility index (Phi) is 11.2. The lowest BCUT2D eigenvalue weighted by Crippen LogP contribution is -2.53. The first-order valence-electron chi connectivity index (χ1n) is 14.3. The molecule has 0 saturated carbocycles. The van der Waals surface area contributed by atoms with E-state index in [1.54, 1.807) is 36.4 Å². The molecule has 0 saturated heterocycles. The Labute approximate surface area is 276 Å². The molecule has 1 N–H and O–H groups in total. The molecule has 246 valence electrons. The lowest BCUT2D eigenvalue weighted by molar-refractivity contribution is -0.385. The van der Waals surface area contributed by atoms with E-state index >= 15 is 0 Å². The molecule has 1 atom stereocenters. The Bertz CT molecular complexity index is 1890. The minimum atomic E-state index is -4.73. The molecule has 0 unspecified atom stereocenters. The van der Waals surface area contributed by atoms with Gasteiger partial charge in [-0.3, -0.25) is 24.0 Å². The summed E-state index contributed by atoms with van der Waals surface area (Å²) < 4.78 is 49.7. The van der Waals surface area contributed by atoms with Gasteiger partial charge < -0.3 is 15.0 Å². The van der Waals surface area contributed by atoms with Crippen LogP contribution < -0.4 is 14.4 Å². The van der Waals surface area contributed by atoms with Crippen LogP contribution in [0.3, 0.4) is 0 Å². The van der Waals surface area contributed by atoms with E-state index in [1.807, 2.05) is 0 Å². The van der Waals surface area contributed by atoms with Crippen molar-refractivity contribution in [2.45, 2.75) is 30.8 Å². The quantitative estimate of drug-likeness (QED) is 0.149. The van der Waals surface area contributed by atoms with E-state index in [1.165, 1.54) is 69.6 Å². The van der Waals surface area contributed by atoms with E-state index in [0.29, 0.717) is 9.87 Å². The van der Waals surface area contributed by atoms with Crippen LogP contribution in [0, 0.1) is 22.9 Å². The van der Waals surface area contributed by atoms with Crippen molar-refractivity contribution >= 4 is 44.8 Å². The summed E-state index contributed by atoms with van der Waals surface area (Å²) in [5.41, 5.74) is 0.426. The maximum atomic E-state index is 15.0. The van der Waals surface area contributed by atoms with E-state index in [0.717, 1.165) is 11.0 Å². The van der Waals surface area contributed by atoms with E-state index < -0.39 is 55.7 Å². The number of likely N-dealkylation sites (N-methyl/N-ethyl adjacent to an activating group) is 1. The van der Waals surface area contributed by atoms with Gasteiger partial charge in [-0.05, 0) is 42.8 Å². The van der Waals surface area contributed by atoms with Crippen LogP contribution >= 0.6 is 11.6 Å². The molecule has 0 bridgehead atoms. The van der Waals surface area contributed by atoms with Crippen LogP contribution in [0.1, 0.15) is 16.7 Å². The number of benzene rings is 4. The van der Waals surface area contributed by atoms with Gasteiger partial charge >= 0.3 is 0 Å². The van der Waals surface area contributed by atoms with Gasteiger partial charge in [0.15, 0.2) is 0 Å². The molecule has 47 heavy (non-hydrogen) atoms. The van der Waals surface area contributed by atoms with Gasteiger partial charge in [0.25, 0.3) is 15.7 Å². The first kappa shape index (κ1) is 34.9.